The van der Waals surface area contributed by atoms with E-state index in [1.165, 1.54) is 42.6 Å². The van der Waals surface area contributed by atoms with Crippen molar-refractivity contribution in [3.05, 3.63) is 68.4 Å². The molecular formula is C15H11BrFN3O4. The molecule has 0 heterocycles. The van der Waals surface area contributed by atoms with Gasteiger partial charge in [-0.1, -0.05) is 18.2 Å². The van der Waals surface area contributed by atoms with Crippen LogP contribution in [0.4, 0.5) is 10.1 Å². The highest BCUT2D eigenvalue weighted by Crippen LogP contribution is 2.25. The molecular weight excluding hydrogens is 385 g/mol. The Labute approximate surface area is 144 Å². The normalized spacial score (nSPS) is 10.6. The molecule has 0 atom stereocenters. The minimum Gasteiger partial charge on any atom is -0.477 e. The van der Waals surface area contributed by atoms with Gasteiger partial charge in [-0.25, -0.2) is 9.82 Å². The van der Waals surface area contributed by atoms with Gasteiger partial charge in [0.2, 0.25) is 0 Å². The Morgan fingerprint density at radius 1 is 1.38 bits per heavy atom. The van der Waals surface area contributed by atoms with E-state index >= 15 is 0 Å². The number of nitro groups is 1. The van der Waals surface area contributed by atoms with E-state index in [0.29, 0.717) is 5.56 Å². The van der Waals surface area contributed by atoms with E-state index in [9.17, 15) is 19.3 Å². The summed E-state index contributed by atoms with van der Waals surface area (Å²) in [5.74, 6) is -1.01. The molecule has 0 fully saturated rings. The van der Waals surface area contributed by atoms with Crippen molar-refractivity contribution in [2.75, 3.05) is 6.61 Å². The second kappa shape index (κ2) is 8.16. The smallest absolute Gasteiger partial charge is 0.310 e. The SMILES string of the molecule is O=C(COc1ccccc1[N+](=O)[O-])N/N=C\c1ccc(F)c(Br)c1. The van der Waals surface area contributed by atoms with E-state index in [2.05, 4.69) is 26.5 Å². The van der Waals surface area contributed by atoms with Crippen LogP contribution in [0.3, 0.4) is 0 Å². The average Bonchev–Trinajstić information content (AvgIpc) is 2.56. The van der Waals surface area contributed by atoms with Gasteiger partial charge < -0.3 is 4.74 Å². The van der Waals surface area contributed by atoms with Gasteiger partial charge in [0.25, 0.3) is 5.91 Å². The molecule has 2 aromatic carbocycles. The Morgan fingerprint density at radius 2 is 2.12 bits per heavy atom. The van der Waals surface area contributed by atoms with Crippen molar-refractivity contribution in [1.29, 1.82) is 0 Å². The van der Waals surface area contributed by atoms with Crippen LogP contribution in [0.25, 0.3) is 0 Å². The van der Waals surface area contributed by atoms with Gasteiger partial charge in [-0.15, -0.1) is 0 Å². The number of carbonyl (C=O) groups excluding carboxylic acids is 1. The van der Waals surface area contributed by atoms with Crippen molar-refractivity contribution < 1.29 is 18.8 Å². The molecule has 7 nitrogen and oxygen atoms in total. The largest absolute Gasteiger partial charge is 0.477 e. The lowest BCUT2D eigenvalue weighted by Gasteiger charge is -2.05. The van der Waals surface area contributed by atoms with Crippen LogP contribution in [0.1, 0.15) is 5.56 Å². The van der Waals surface area contributed by atoms with Gasteiger partial charge in [0.05, 0.1) is 15.6 Å². The summed E-state index contributed by atoms with van der Waals surface area (Å²) in [6.07, 6.45) is 1.33. The number of para-hydroxylation sites is 2. The van der Waals surface area contributed by atoms with Crippen molar-refractivity contribution >= 4 is 33.7 Å². The molecule has 0 aliphatic carbocycles. The van der Waals surface area contributed by atoms with Gasteiger partial charge in [0, 0.05) is 6.07 Å². The summed E-state index contributed by atoms with van der Waals surface area (Å²) >= 11 is 3.04. The highest BCUT2D eigenvalue weighted by Gasteiger charge is 2.14. The Morgan fingerprint density at radius 3 is 2.83 bits per heavy atom. The molecule has 0 aliphatic heterocycles. The third kappa shape index (κ3) is 4.85. The molecule has 124 valence electrons. The third-order valence-electron chi connectivity index (χ3n) is 2.77. The summed E-state index contributed by atoms with van der Waals surface area (Å²) in [5.41, 5.74) is 2.55. The number of carbonyl (C=O) groups is 1. The molecule has 9 heteroatoms. The fourth-order valence-electron chi connectivity index (χ4n) is 1.68. The van der Waals surface area contributed by atoms with E-state index in [0.717, 1.165) is 0 Å². The number of nitrogens with zero attached hydrogens (tertiary/aromatic N) is 2. The number of halogens is 2. The predicted molar refractivity (Wildman–Crippen MR) is 88.4 cm³/mol. The number of amides is 1. The topological polar surface area (TPSA) is 93.8 Å². The maximum Gasteiger partial charge on any atom is 0.310 e. The summed E-state index contributed by atoms with van der Waals surface area (Å²) in [6.45, 7) is -0.435. The van der Waals surface area contributed by atoms with Crippen LogP contribution in [0.15, 0.2) is 52.0 Å². The lowest BCUT2D eigenvalue weighted by Crippen LogP contribution is -2.24. The fourth-order valence-corrected chi connectivity index (χ4v) is 2.07. The number of benzene rings is 2. The second-order valence-corrected chi connectivity index (χ2v) is 5.33. The molecule has 0 spiro atoms. The lowest BCUT2D eigenvalue weighted by molar-refractivity contribution is -0.385. The van der Waals surface area contributed by atoms with Crippen molar-refractivity contribution in [1.82, 2.24) is 5.43 Å². The first-order valence-corrected chi connectivity index (χ1v) is 7.40. The van der Waals surface area contributed by atoms with Gasteiger partial charge in [-0.05, 0) is 39.7 Å². The Kier molecular flexibility index (Phi) is 5.96. The highest BCUT2D eigenvalue weighted by atomic mass is 79.9. The first-order chi connectivity index (χ1) is 11.5. The average molecular weight is 396 g/mol. The predicted octanol–water partition coefficient (Wildman–Crippen LogP) is 3.03. The number of nitrogens with one attached hydrogen (secondary N) is 1. The first-order valence-electron chi connectivity index (χ1n) is 6.60. The van der Waals surface area contributed by atoms with E-state index in [1.807, 2.05) is 0 Å². The highest BCUT2D eigenvalue weighted by molar-refractivity contribution is 9.10. The minimum absolute atomic E-state index is 0.0101. The van der Waals surface area contributed by atoms with Gasteiger partial charge >= 0.3 is 5.69 Å². The lowest BCUT2D eigenvalue weighted by atomic mass is 10.2. The zero-order valence-electron chi connectivity index (χ0n) is 12.1. The van der Waals surface area contributed by atoms with Gasteiger partial charge in [0.15, 0.2) is 12.4 Å². The molecule has 0 aliphatic rings. The zero-order chi connectivity index (χ0) is 17.5. The summed E-state index contributed by atoms with van der Waals surface area (Å²) in [7, 11) is 0. The van der Waals surface area contributed by atoms with Crippen LogP contribution in [0.2, 0.25) is 0 Å². The second-order valence-electron chi connectivity index (χ2n) is 4.48. The maximum atomic E-state index is 13.1. The summed E-state index contributed by atoms with van der Waals surface area (Å²) in [4.78, 5) is 21.8. The van der Waals surface area contributed by atoms with Gasteiger partial charge in [-0.3, -0.25) is 14.9 Å². The summed E-state index contributed by atoms with van der Waals surface area (Å²) in [5, 5.41) is 14.5. The van der Waals surface area contributed by atoms with E-state index < -0.39 is 23.3 Å². The monoisotopic (exact) mass is 395 g/mol. The van der Waals surface area contributed by atoms with Crippen molar-refractivity contribution in [3.63, 3.8) is 0 Å². The van der Waals surface area contributed by atoms with Gasteiger partial charge in [0.1, 0.15) is 5.82 Å². The van der Waals surface area contributed by atoms with Crippen molar-refractivity contribution in [2.24, 2.45) is 5.10 Å². The van der Waals surface area contributed by atoms with Crippen LogP contribution in [-0.4, -0.2) is 23.7 Å². The van der Waals surface area contributed by atoms with E-state index in [1.54, 1.807) is 6.07 Å². The molecule has 0 saturated carbocycles. The van der Waals surface area contributed by atoms with E-state index in [-0.39, 0.29) is 15.9 Å². The third-order valence-corrected chi connectivity index (χ3v) is 3.37. The Bertz CT molecular complexity index is 798. The molecule has 0 aromatic heterocycles. The number of rotatable bonds is 6. The molecule has 2 aromatic rings. The maximum absolute atomic E-state index is 13.1. The molecule has 0 radical (unpaired) electrons. The molecule has 24 heavy (non-hydrogen) atoms. The van der Waals surface area contributed by atoms with Gasteiger partial charge in [-0.2, -0.15) is 5.10 Å². The number of hydrazone groups is 1. The molecule has 1 N–H and O–H groups in total. The summed E-state index contributed by atoms with van der Waals surface area (Å²) in [6, 6.07) is 9.96. The Balaban J connectivity index is 1.89. The molecule has 0 bridgehead atoms. The standard InChI is InChI=1S/C15H11BrFN3O4/c16-11-7-10(5-6-12(11)17)8-18-19-15(21)9-24-14-4-2-1-3-13(14)20(22)23/h1-8H,9H2,(H,19,21)/b18-8-. The zero-order valence-corrected chi connectivity index (χ0v) is 13.7. The molecule has 1 amide bonds. The number of hydrogen-bond donors (Lipinski definition) is 1. The van der Waals surface area contributed by atoms with Crippen LogP contribution in [-0.2, 0) is 4.79 Å². The van der Waals surface area contributed by atoms with Crippen molar-refractivity contribution in [2.45, 2.75) is 0 Å². The van der Waals surface area contributed by atoms with Crippen molar-refractivity contribution in [3.8, 4) is 5.75 Å². The molecule has 0 saturated heterocycles. The quantitative estimate of drug-likeness (QED) is 0.462. The fraction of sp³-hybridized carbons (Fsp3) is 0.0667. The van der Waals surface area contributed by atoms with Crippen LogP contribution in [0, 0.1) is 15.9 Å². The number of hydrogen-bond acceptors (Lipinski definition) is 5. The summed E-state index contributed by atoms with van der Waals surface area (Å²) < 4.78 is 18.5. The van der Waals surface area contributed by atoms with Crippen LogP contribution >= 0.6 is 15.9 Å². The van der Waals surface area contributed by atoms with E-state index in [4.69, 9.17) is 4.74 Å². The number of nitro benzene ring substituents is 1. The van der Waals surface area contributed by atoms with Crippen LogP contribution < -0.4 is 10.2 Å². The molecule has 2 rings (SSSR count). The van der Waals surface area contributed by atoms with Crippen LogP contribution in [0.5, 0.6) is 5.75 Å². The first kappa shape index (κ1) is 17.5. The minimum atomic E-state index is -0.599. The molecule has 0 unspecified atom stereocenters. The number of ether oxygens (including phenoxy) is 1. The Hall–Kier alpha value is -2.81.